The van der Waals surface area contributed by atoms with E-state index >= 15 is 0 Å². The maximum atomic E-state index is 9.99. The zero-order valence-corrected chi connectivity index (χ0v) is 18.1. The number of aliphatic hydroxyl groups excluding tert-OH is 1. The van der Waals surface area contributed by atoms with Crippen LogP contribution in [0.5, 0.6) is 0 Å². The molecule has 0 bridgehead atoms. The zero-order valence-electron chi connectivity index (χ0n) is 17.3. The number of nitrogens with zero attached hydrogens (tertiary/aromatic N) is 3. The fourth-order valence-corrected chi connectivity index (χ4v) is 5.00. The van der Waals surface area contributed by atoms with Gasteiger partial charge < -0.3 is 25.8 Å². The molecule has 3 aromatic rings. The Balaban J connectivity index is 1.55. The molecule has 2 atom stereocenters. The molecule has 2 aromatic heterocycles. The SMILES string of the molecule is CC(O)c1cccc(-c2cc3c(s2)C(N2CCOCC2)=NC(c2ccc(N)nc2)N3)c1. The Labute approximate surface area is 185 Å². The summed E-state index contributed by atoms with van der Waals surface area (Å²) in [6, 6.07) is 14.0. The van der Waals surface area contributed by atoms with Gasteiger partial charge in [0.1, 0.15) is 17.8 Å². The van der Waals surface area contributed by atoms with Crippen molar-refractivity contribution in [2.75, 3.05) is 37.4 Å². The molecule has 5 rings (SSSR count). The number of fused-ring (bicyclic) bond motifs is 1. The number of amidine groups is 1. The number of aliphatic hydroxyl groups is 1. The average Bonchev–Trinajstić information content (AvgIpc) is 3.24. The minimum atomic E-state index is -0.500. The van der Waals surface area contributed by atoms with Crippen LogP contribution in [0.4, 0.5) is 11.5 Å². The van der Waals surface area contributed by atoms with Gasteiger partial charge >= 0.3 is 0 Å². The highest BCUT2D eigenvalue weighted by Gasteiger charge is 2.29. The number of ether oxygens (including phenoxy) is 1. The Morgan fingerprint density at radius 1 is 1.23 bits per heavy atom. The molecule has 8 heteroatoms. The fraction of sp³-hybridized carbons (Fsp3) is 0.304. The van der Waals surface area contributed by atoms with Crippen molar-refractivity contribution >= 4 is 28.7 Å². The van der Waals surface area contributed by atoms with E-state index in [1.54, 1.807) is 30.5 Å². The predicted molar refractivity (Wildman–Crippen MR) is 124 cm³/mol. The van der Waals surface area contributed by atoms with Gasteiger partial charge in [-0.1, -0.05) is 18.2 Å². The monoisotopic (exact) mass is 435 g/mol. The lowest BCUT2D eigenvalue weighted by molar-refractivity contribution is 0.0681. The smallest absolute Gasteiger partial charge is 0.148 e. The second kappa shape index (κ2) is 8.30. The van der Waals surface area contributed by atoms with Gasteiger partial charge in [0, 0.05) is 29.7 Å². The van der Waals surface area contributed by atoms with Crippen molar-refractivity contribution in [3.8, 4) is 10.4 Å². The average molecular weight is 436 g/mol. The van der Waals surface area contributed by atoms with Crippen LogP contribution in [0.3, 0.4) is 0 Å². The Morgan fingerprint density at radius 3 is 2.81 bits per heavy atom. The van der Waals surface area contributed by atoms with Gasteiger partial charge in [-0.05, 0) is 42.3 Å². The van der Waals surface area contributed by atoms with E-state index in [1.165, 1.54) is 0 Å². The molecule has 0 saturated carbocycles. The number of rotatable bonds is 3. The standard InChI is InChI=1S/C23H25N5O2S/c1-14(29)15-3-2-4-16(11-15)19-12-18-21(31-19)23(28-7-9-30-10-8-28)27-22(26-18)17-5-6-20(24)25-13-17/h2-6,11-14,22,26,29H,7-10H2,1H3,(H2,24,25). The summed E-state index contributed by atoms with van der Waals surface area (Å²) >= 11 is 1.72. The van der Waals surface area contributed by atoms with Crippen molar-refractivity contribution in [3.63, 3.8) is 0 Å². The maximum Gasteiger partial charge on any atom is 0.148 e. The summed E-state index contributed by atoms with van der Waals surface area (Å²) in [5, 5.41) is 13.6. The number of thiophene rings is 1. The molecule has 4 N–H and O–H groups in total. The summed E-state index contributed by atoms with van der Waals surface area (Å²) < 4.78 is 5.56. The van der Waals surface area contributed by atoms with Crippen LogP contribution in [0, 0.1) is 0 Å². The Bertz CT molecular complexity index is 1100. The molecule has 1 aromatic carbocycles. The maximum absolute atomic E-state index is 9.99. The lowest BCUT2D eigenvalue weighted by Gasteiger charge is -2.33. The number of aromatic nitrogens is 1. The van der Waals surface area contributed by atoms with Crippen molar-refractivity contribution in [2.45, 2.75) is 19.2 Å². The van der Waals surface area contributed by atoms with E-state index in [1.807, 2.05) is 18.2 Å². The van der Waals surface area contributed by atoms with Crippen molar-refractivity contribution < 1.29 is 9.84 Å². The number of morpholine rings is 1. The fourth-order valence-electron chi connectivity index (χ4n) is 3.86. The van der Waals surface area contributed by atoms with Crippen LogP contribution in [0.2, 0.25) is 0 Å². The molecular weight excluding hydrogens is 410 g/mol. The molecule has 2 aliphatic heterocycles. The van der Waals surface area contributed by atoms with Crippen molar-refractivity contribution in [1.29, 1.82) is 0 Å². The normalized spacial score (nSPS) is 19.4. The van der Waals surface area contributed by atoms with Crippen molar-refractivity contribution in [1.82, 2.24) is 9.88 Å². The van der Waals surface area contributed by atoms with Crippen LogP contribution in [0.1, 0.15) is 35.2 Å². The van der Waals surface area contributed by atoms with E-state index in [2.05, 4.69) is 33.4 Å². The van der Waals surface area contributed by atoms with E-state index < -0.39 is 6.10 Å². The third-order valence-corrected chi connectivity index (χ3v) is 6.75. The molecule has 0 spiro atoms. The molecule has 0 aliphatic carbocycles. The number of benzene rings is 1. The van der Waals surface area contributed by atoms with E-state index in [-0.39, 0.29) is 6.17 Å². The van der Waals surface area contributed by atoms with Crippen molar-refractivity contribution in [2.24, 2.45) is 4.99 Å². The second-order valence-corrected chi connectivity index (χ2v) is 8.82. The third kappa shape index (κ3) is 4.01. The van der Waals surface area contributed by atoms with E-state index in [0.29, 0.717) is 19.0 Å². The van der Waals surface area contributed by atoms with Gasteiger partial charge in [-0.15, -0.1) is 11.3 Å². The minimum Gasteiger partial charge on any atom is -0.389 e. The molecule has 31 heavy (non-hydrogen) atoms. The van der Waals surface area contributed by atoms with E-state index in [0.717, 1.165) is 51.1 Å². The Hall–Kier alpha value is -2.94. The second-order valence-electron chi connectivity index (χ2n) is 7.77. The summed E-state index contributed by atoms with van der Waals surface area (Å²) in [6.45, 7) is 4.81. The highest BCUT2D eigenvalue weighted by molar-refractivity contribution is 7.18. The predicted octanol–water partition coefficient (Wildman–Crippen LogP) is 3.65. The topological polar surface area (TPSA) is 96.0 Å². The number of hydrogen-bond donors (Lipinski definition) is 3. The largest absolute Gasteiger partial charge is 0.389 e. The quantitative estimate of drug-likeness (QED) is 0.581. The molecule has 1 saturated heterocycles. The number of nitrogens with one attached hydrogen (secondary N) is 1. The molecule has 4 heterocycles. The van der Waals surface area contributed by atoms with Crippen LogP contribution in [-0.2, 0) is 4.74 Å². The number of aliphatic imine (C=N–C) groups is 1. The molecule has 0 radical (unpaired) electrons. The first-order chi connectivity index (χ1) is 15.1. The summed E-state index contributed by atoms with van der Waals surface area (Å²) in [4.78, 5) is 13.9. The Morgan fingerprint density at radius 2 is 2.06 bits per heavy atom. The molecule has 2 aliphatic rings. The zero-order chi connectivity index (χ0) is 21.4. The lowest BCUT2D eigenvalue weighted by Crippen LogP contribution is -2.42. The molecular formula is C23H25N5O2S. The number of anilines is 2. The van der Waals surface area contributed by atoms with Crippen LogP contribution in [-0.4, -0.2) is 47.1 Å². The van der Waals surface area contributed by atoms with Gasteiger partial charge in [0.25, 0.3) is 0 Å². The van der Waals surface area contributed by atoms with Crippen LogP contribution >= 0.6 is 11.3 Å². The first kappa shape index (κ1) is 20.0. The van der Waals surface area contributed by atoms with Gasteiger partial charge in [-0.2, -0.15) is 0 Å². The summed E-state index contributed by atoms with van der Waals surface area (Å²) in [5.41, 5.74) is 9.79. The molecule has 2 unspecified atom stereocenters. The molecule has 1 fully saturated rings. The summed E-state index contributed by atoms with van der Waals surface area (Å²) in [6.07, 6.45) is 1.04. The Kier molecular flexibility index (Phi) is 5.35. The first-order valence-electron chi connectivity index (χ1n) is 10.4. The van der Waals surface area contributed by atoms with Crippen LogP contribution in [0.25, 0.3) is 10.4 Å². The molecule has 7 nitrogen and oxygen atoms in total. The highest BCUT2D eigenvalue weighted by atomic mass is 32.1. The third-order valence-electron chi connectivity index (χ3n) is 5.57. The summed E-state index contributed by atoms with van der Waals surface area (Å²) in [7, 11) is 0. The number of nitrogen functional groups attached to an aromatic ring is 1. The van der Waals surface area contributed by atoms with Gasteiger partial charge in [0.05, 0.1) is 29.9 Å². The van der Waals surface area contributed by atoms with E-state index in [4.69, 9.17) is 15.5 Å². The van der Waals surface area contributed by atoms with Crippen LogP contribution < -0.4 is 11.1 Å². The summed E-state index contributed by atoms with van der Waals surface area (Å²) in [5.74, 6) is 1.48. The van der Waals surface area contributed by atoms with Gasteiger partial charge in [-0.3, -0.25) is 0 Å². The van der Waals surface area contributed by atoms with Gasteiger partial charge in [-0.25, -0.2) is 9.98 Å². The first-order valence-corrected chi connectivity index (χ1v) is 11.2. The van der Waals surface area contributed by atoms with Gasteiger partial charge in [0.15, 0.2) is 0 Å². The minimum absolute atomic E-state index is 0.232. The number of pyridine rings is 1. The van der Waals surface area contributed by atoms with Crippen LogP contribution in [0.15, 0.2) is 53.7 Å². The van der Waals surface area contributed by atoms with E-state index in [9.17, 15) is 5.11 Å². The number of nitrogens with two attached hydrogens (primary N) is 1. The lowest BCUT2D eigenvalue weighted by atomic mass is 10.1. The molecule has 0 amide bonds. The van der Waals surface area contributed by atoms with Gasteiger partial charge in [0.2, 0.25) is 0 Å². The molecule has 160 valence electrons. The van der Waals surface area contributed by atoms with Crippen molar-refractivity contribution in [3.05, 3.63) is 64.7 Å². The highest BCUT2D eigenvalue weighted by Crippen LogP contribution is 2.41. The number of hydrogen-bond acceptors (Lipinski definition) is 8.